The molecular weight excluding hydrogens is 267 g/mol. The van der Waals surface area contributed by atoms with Crippen LogP contribution in [-0.2, 0) is 22.4 Å². The molecule has 0 bridgehead atoms. The molecule has 1 aromatic rings. The zero-order chi connectivity index (χ0) is 13.6. The molecule has 0 saturated carbocycles. The first-order chi connectivity index (χ1) is 8.26. The average Bonchev–Trinajstić information content (AvgIpc) is 2.50. The van der Waals surface area contributed by atoms with Crippen molar-refractivity contribution < 1.29 is 21.6 Å². The van der Waals surface area contributed by atoms with Crippen LogP contribution in [0.1, 0.15) is 17.5 Å². The third-order valence-corrected chi connectivity index (χ3v) is 5.35. The first-order valence-corrected chi connectivity index (χ1v) is 6.95. The predicted molar refractivity (Wildman–Crippen MR) is 59.8 cm³/mol. The minimum absolute atomic E-state index is 0.198. The normalized spacial score (nSPS) is 21.9. The quantitative estimate of drug-likeness (QED) is 0.897. The lowest BCUT2D eigenvalue weighted by atomic mass is 10.1. The topological polar surface area (TPSA) is 60.2 Å². The van der Waals surface area contributed by atoms with Gasteiger partial charge in [0.1, 0.15) is 0 Å². The highest BCUT2D eigenvalue weighted by Gasteiger charge is 2.39. The van der Waals surface area contributed by atoms with E-state index in [-0.39, 0.29) is 24.3 Å². The van der Waals surface area contributed by atoms with E-state index < -0.39 is 26.8 Å². The van der Waals surface area contributed by atoms with Gasteiger partial charge in [-0.05, 0) is 37.1 Å². The maximum atomic E-state index is 12.5. The van der Waals surface area contributed by atoms with E-state index in [9.17, 15) is 21.6 Å². The maximum absolute atomic E-state index is 12.5. The molecule has 0 spiro atoms. The van der Waals surface area contributed by atoms with Crippen molar-refractivity contribution in [3.63, 3.8) is 0 Å². The van der Waals surface area contributed by atoms with Gasteiger partial charge in [-0.15, -0.1) is 0 Å². The molecule has 0 aromatic heterocycles. The van der Waals surface area contributed by atoms with E-state index in [0.29, 0.717) is 5.56 Å². The molecule has 7 heteroatoms. The van der Waals surface area contributed by atoms with Crippen molar-refractivity contribution in [1.82, 2.24) is 0 Å². The van der Waals surface area contributed by atoms with E-state index >= 15 is 0 Å². The van der Waals surface area contributed by atoms with Gasteiger partial charge in [-0.25, -0.2) is 8.42 Å². The number of sulfone groups is 1. The van der Waals surface area contributed by atoms with Crippen molar-refractivity contribution in [3.05, 3.63) is 29.3 Å². The third kappa shape index (κ3) is 2.12. The number of hydrogen-bond donors (Lipinski definition) is 1. The number of halogens is 3. The Morgan fingerprint density at radius 3 is 2.56 bits per heavy atom. The van der Waals surface area contributed by atoms with E-state index in [4.69, 9.17) is 5.73 Å². The Morgan fingerprint density at radius 1 is 1.33 bits per heavy atom. The fraction of sp³-hybridized carbons (Fsp3) is 0.455. The molecule has 1 aromatic carbocycles. The van der Waals surface area contributed by atoms with Crippen LogP contribution in [0.3, 0.4) is 0 Å². The van der Waals surface area contributed by atoms with Crippen LogP contribution in [0.25, 0.3) is 0 Å². The van der Waals surface area contributed by atoms with E-state index in [0.717, 1.165) is 12.1 Å². The molecule has 0 aliphatic carbocycles. The summed E-state index contributed by atoms with van der Waals surface area (Å²) in [7, 11) is -3.67. The van der Waals surface area contributed by atoms with Crippen LogP contribution in [-0.4, -0.2) is 20.2 Å². The molecule has 1 unspecified atom stereocenters. The second-order valence-electron chi connectivity index (χ2n) is 4.27. The van der Waals surface area contributed by atoms with Gasteiger partial charge in [0, 0.05) is 0 Å². The largest absolute Gasteiger partial charge is 0.416 e. The summed E-state index contributed by atoms with van der Waals surface area (Å²) < 4.78 is 61.7. The molecule has 2 N–H and O–H groups in total. The lowest BCUT2D eigenvalue weighted by Gasteiger charge is -2.09. The van der Waals surface area contributed by atoms with Crippen LogP contribution in [0.4, 0.5) is 13.2 Å². The van der Waals surface area contributed by atoms with Gasteiger partial charge in [-0.1, -0.05) is 6.07 Å². The van der Waals surface area contributed by atoms with E-state index in [1.54, 1.807) is 0 Å². The minimum atomic E-state index is -4.53. The van der Waals surface area contributed by atoms with Crippen LogP contribution in [0.5, 0.6) is 0 Å². The molecule has 0 amide bonds. The van der Waals surface area contributed by atoms with Crippen LogP contribution in [0, 0.1) is 0 Å². The van der Waals surface area contributed by atoms with E-state index in [1.807, 2.05) is 0 Å². The van der Waals surface area contributed by atoms with Gasteiger partial charge in [0.2, 0.25) is 0 Å². The van der Waals surface area contributed by atoms with Gasteiger partial charge in [-0.3, -0.25) is 0 Å². The van der Waals surface area contributed by atoms with E-state index in [2.05, 4.69) is 0 Å². The molecule has 1 heterocycles. The Balaban J connectivity index is 2.49. The van der Waals surface area contributed by atoms with Crippen LogP contribution in [0.2, 0.25) is 0 Å². The summed E-state index contributed by atoms with van der Waals surface area (Å²) in [6.07, 6.45) is -4.03. The number of alkyl halides is 3. The molecule has 18 heavy (non-hydrogen) atoms. The Bertz CT molecular complexity index is 566. The zero-order valence-corrected chi connectivity index (χ0v) is 10.2. The number of nitrogens with two attached hydrogens (primary N) is 1. The predicted octanol–water partition coefficient (Wildman–Crippen LogP) is 1.75. The zero-order valence-electron chi connectivity index (χ0n) is 9.37. The van der Waals surface area contributed by atoms with Gasteiger partial charge in [0.15, 0.2) is 9.84 Å². The molecule has 2 rings (SSSR count). The van der Waals surface area contributed by atoms with Gasteiger partial charge in [0.25, 0.3) is 0 Å². The van der Waals surface area contributed by atoms with Gasteiger partial charge < -0.3 is 5.73 Å². The SMILES string of the molecule is NCCC1Cc2ccc(C(F)(F)F)cc2S1(=O)=O. The smallest absolute Gasteiger partial charge is 0.330 e. The second-order valence-corrected chi connectivity index (χ2v) is 6.47. The van der Waals surface area contributed by atoms with E-state index in [1.165, 1.54) is 6.07 Å². The summed E-state index contributed by atoms with van der Waals surface area (Å²) in [6.45, 7) is 0.198. The first kappa shape index (κ1) is 13.4. The molecule has 3 nitrogen and oxygen atoms in total. The van der Waals surface area contributed by atoms with Gasteiger partial charge >= 0.3 is 6.18 Å². The first-order valence-electron chi connectivity index (χ1n) is 5.41. The van der Waals surface area contributed by atoms with Crippen molar-refractivity contribution in [2.24, 2.45) is 5.73 Å². The Morgan fingerprint density at radius 2 is 2.00 bits per heavy atom. The summed E-state index contributed by atoms with van der Waals surface area (Å²) in [6, 6.07) is 2.88. The number of benzene rings is 1. The summed E-state index contributed by atoms with van der Waals surface area (Å²) in [5.41, 5.74) is 4.83. The highest BCUT2D eigenvalue weighted by atomic mass is 32.2. The summed E-state index contributed by atoms with van der Waals surface area (Å²) >= 11 is 0. The Hall–Kier alpha value is -1.08. The van der Waals surface area contributed by atoms with Crippen molar-refractivity contribution in [2.45, 2.75) is 29.2 Å². The van der Waals surface area contributed by atoms with Crippen molar-refractivity contribution >= 4 is 9.84 Å². The van der Waals surface area contributed by atoms with Gasteiger partial charge in [-0.2, -0.15) is 13.2 Å². The maximum Gasteiger partial charge on any atom is 0.416 e. The fourth-order valence-electron chi connectivity index (χ4n) is 2.14. The Labute approximate surface area is 103 Å². The molecule has 1 atom stereocenters. The van der Waals surface area contributed by atoms with Crippen molar-refractivity contribution in [3.8, 4) is 0 Å². The summed E-state index contributed by atoms with van der Waals surface area (Å²) in [5.74, 6) is 0. The third-order valence-electron chi connectivity index (χ3n) is 3.08. The highest BCUT2D eigenvalue weighted by Crippen LogP contribution is 2.37. The molecule has 1 aliphatic rings. The molecule has 0 fully saturated rings. The molecule has 0 radical (unpaired) electrons. The van der Waals surface area contributed by atoms with Crippen molar-refractivity contribution in [1.29, 1.82) is 0 Å². The molecular formula is C11H12F3NO2S. The molecule has 100 valence electrons. The van der Waals surface area contributed by atoms with Crippen molar-refractivity contribution in [2.75, 3.05) is 6.54 Å². The summed E-state index contributed by atoms with van der Waals surface area (Å²) in [4.78, 5) is -0.198. The highest BCUT2D eigenvalue weighted by molar-refractivity contribution is 7.92. The fourth-order valence-corrected chi connectivity index (χ4v) is 4.15. The molecule has 1 aliphatic heterocycles. The number of hydrogen-bond acceptors (Lipinski definition) is 3. The minimum Gasteiger partial charge on any atom is -0.330 e. The lowest BCUT2D eigenvalue weighted by molar-refractivity contribution is -0.137. The second kappa shape index (κ2) is 4.24. The van der Waals surface area contributed by atoms with Crippen LogP contribution in [0.15, 0.2) is 23.1 Å². The standard InChI is InChI=1S/C11H12F3NO2S/c12-11(13,14)8-2-1-7-5-9(3-4-15)18(16,17)10(7)6-8/h1-2,6,9H,3-5,15H2. The lowest BCUT2D eigenvalue weighted by Crippen LogP contribution is -2.20. The number of fused-ring (bicyclic) bond motifs is 1. The monoisotopic (exact) mass is 279 g/mol. The summed E-state index contributed by atoms with van der Waals surface area (Å²) in [5, 5.41) is -0.694. The average molecular weight is 279 g/mol. The van der Waals surface area contributed by atoms with Gasteiger partial charge in [0.05, 0.1) is 15.7 Å². The Kier molecular flexibility index (Phi) is 3.14. The number of rotatable bonds is 2. The molecule has 0 saturated heterocycles. The van der Waals surface area contributed by atoms with Crippen LogP contribution >= 0.6 is 0 Å². The van der Waals surface area contributed by atoms with Crippen LogP contribution < -0.4 is 5.73 Å².